The van der Waals surface area contributed by atoms with E-state index in [-0.39, 0.29) is 6.61 Å². The number of furan rings is 1. The van der Waals surface area contributed by atoms with Gasteiger partial charge >= 0.3 is 0 Å². The molecule has 1 aromatic heterocycles. The quantitative estimate of drug-likeness (QED) is 0.850. The highest BCUT2D eigenvalue weighted by atomic mass is 16.4. The van der Waals surface area contributed by atoms with Crippen molar-refractivity contribution in [3.05, 3.63) is 47.9 Å². The van der Waals surface area contributed by atoms with Crippen LogP contribution in [0.2, 0.25) is 0 Å². The number of nitrogens with zero attached hydrogens (tertiary/aromatic N) is 1. The number of anilines is 2. The Morgan fingerprint density at radius 3 is 2.28 bits per heavy atom. The van der Waals surface area contributed by atoms with Crippen LogP contribution >= 0.6 is 0 Å². The molecule has 2 N–H and O–H groups in total. The van der Waals surface area contributed by atoms with Gasteiger partial charge in [-0.3, -0.25) is 0 Å². The molecule has 0 aliphatic rings. The lowest BCUT2D eigenvalue weighted by atomic mass is 10.2. The summed E-state index contributed by atoms with van der Waals surface area (Å²) in [5, 5.41) is 12.2. The van der Waals surface area contributed by atoms with Crippen LogP contribution in [-0.2, 0) is 13.2 Å². The Bertz CT molecular complexity index is 489. The number of aliphatic hydroxyl groups excluding tert-OH is 1. The molecule has 4 heteroatoms. The molecule has 0 amide bonds. The van der Waals surface area contributed by atoms with Crippen molar-refractivity contribution in [3.63, 3.8) is 0 Å². The van der Waals surface area contributed by atoms with E-state index in [4.69, 9.17) is 9.52 Å². The Kier molecular flexibility index (Phi) is 3.89. The van der Waals surface area contributed by atoms with E-state index in [0.29, 0.717) is 12.3 Å². The van der Waals surface area contributed by atoms with Gasteiger partial charge in [0.25, 0.3) is 0 Å². The molecular weight excluding hydrogens is 228 g/mol. The predicted molar refractivity (Wildman–Crippen MR) is 72.7 cm³/mol. The van der Waals surface area contributed by atoms with Crippen LogP contribution in [0.4, 0.5) is 11.4 Å². The maximum atomic E-state index is 8.90. The van der Waals surface area contributed by atoms with Gasteiger partial charge in [0.15, 0.2) is 0 Å². The molecule has 0 bridgehead atoms. The summed E-state index contributed by atoms with van der Waals surface area (Å²) in [7, 11) is 4.03. The number of nitrogens with one attached hydrogen (secondary N) is 1. The second kappa shape index (κ2) is 5.60. The Morgan fingerprint density at radius 2 is 1.72 bits per heavy atom. The molecular formula is C14H18N2O2. The lowest BCUT2D eigenvalue weighted by molar-refractivity contribution is 0.244. The fraction of sp³-hybridized carbons (Fsp3) is 0.286. The van der Waals surface area contributed by atoms with Crippen LogP contribution in [0.1, 0.15) is 11.5 Å². The van der Waals surface area contributed by atoms with E-state index in [1.165, 1.54) is 5.69 Å². The molecule has 0 spiro atoms. The van der Waals surface area contributed by atoms with Crippen LogP contribution in [-0.4, -0.2) is 19.2 Å². The summed E-state index contributed by atoms with van der Waals surface area (Å²) in [6, 6.07) is 11.8. The van der Waals surface area contributed by atoms with Crippen LogP contribution in [0.5, 0.6) is 0 Å². The fourth-order valence-electron chi connectivity index (χ4n) is 1.67. The Balaban J connectivity index is 1.93. The molecule has 1 heterocycles. The molecule has 1 aromatic carbocycles. The van der Waals surface area contributed by atoms with Crippen molar-refractivity contribution >= 4 is 11.4 Å². The largest absolute Gasteiger partial charge is 0.462 e. The van der Waals surface area contributed by atoms with Crippen LogP contribution in [0.25, 0.3) is 0 Å². The van der Waals surface area contributed by atoms with Crippen LogP contribution in [0.15, 0.2) is 40.8 Å². The average molecular weight is 246 g/mol. The zero-order chi connectivity index (χ0) is 13.0. The maximum absolute atomic E-state index is 8.90. The molecule has 0 fully saturated rings. The normalized spacial score (nSPS) is 10.4. The molecule has 0 atom stereocenters. The van der Waals surface area contributed by atoms with Gasteiger partial charge in [0, 0.05) is 25.5 Å². The fourth-order valence-corrected chi connectivity index (χ4v) is 1.67. The molecule has 2 rings (SSSR count). The van der Waals surface area contributed by atoms with Crippen molar-refractivity contribution in [1.82, 2.24) is 0 Å². The lowest BCUT2D eigenvalue weighted by Gasteiger charge is -2.13. The number of benzene rings is 1. The molecule has 0 saturated heterocycles. The van der Waals surface area contributed by atoms with Gasteiger partial charge in [-0.25, -0.2) is 0 Å². The monoisotopic (exact) mass is 246 g/mol. The van der Waals surface area contributed by atoms with Crippen LogP contribution in [0, 0.1) is 0 Å². The van der Waals surface area contributed by atoms with Crippen molar-refractivity contribution in [2.45, 2.75) is 13.2 Å². The number of hydrogen-bond donors (Lipinski definition) is 2. The van der Waals surface area contributed by atoms with Gasteiger partial charge < -0.3 is 19.7 Å². The Labute approximate surface area is 107 Å². The highest BCUT2D eigenvalue weighted by Crippen LogP contribution is 2.17. The first-order valence-corrected chi connectivity index (χ1v) is 5.89. The molecule has 0 radical (unpaired) electrons. The van der Waals surface area contributed by atoms with E-state index >= 15 is 0 Å². The molecule has 0 unspecified atom stereocenters. The smallest absolute Gasteiger partial charge is 0.129 e. The average Bonchev–Trinajstić information content (AvgIpc) is 2.85. The second-order valence-electron chi connectivity index (χ2n) is 4.32. The van der Waals surface area contributed by atoms with Gasteiger partial charge in [-0.2, -0.15) is 0 Å². The summed E-state index contributed by atoms with van der Waals surface area (Å²) in [5.74, 6) is 1.41. The van der Waals surface area contributed by atoms with Crippen molar-refractivity contribution in [3.8, 4) is 0 Å². The third kappa shape index (κ3) is 3.05. The molecule has 96 valence electrons. The van der Waals surface area contributed by atoms with Crippen molar-refractivity contribution in [2.75, 3.05) is 24.3 Å². The van der Waals surface area contributed by atoms with Gasteiger partial charge in [0.05, 0.1) is 6.54 Å². The minimum absolute atomic E-state index is 0.0580. The van der Waals surface area contributed by atoms with Crippen molar-refractivity contribution in [2.24, 2.45) is 0 Å². The van der Waals surface area contributed by atoms with Gasteiger partial charge in [-0.05, 0) is 36.4 Å². The summed E-state index contributed by atoms with van der Waals surface area (Å²) in [6.07, 6.45) is 0. The third-order valence-corrected chi connectivity index (χ3v) is 2.72. The Hall–Kier alpha value is -1.94. The topological polar surface area (TPSA) is 48.6 Å². The van der Waals surface area contributed by atoms with E-state index in [0.717, 1.165) is 11.4 Å². The zero-order valence-corrected chi connectivity index (χ0v) is 10.7. The molecule has 0 aliphatic heterocycles. The van der Waals surface area contributed by atoms with Crippen molar-refractivity contribution in [1.29, 1.82) is 0 Å². The van der Waals surface area contributed by atoms with Gasteiger partial charge in [-0.1, -0.05) is 0 Å². The number of aliphatic hydroxyl groups is 1. The van der Waals surface area contributed by atoms with Crippen LogP contribution in [0.3, 0.4) is 0 Å². The standard InChI is InChI=1S/C14H18N2O2/c1-16(2)12-5-3-11(4-6-12)15-9-13-7-8-14(10-17)18-13/h3-8,15,17H,9-10H2,1-2H3. The summed E-state index contributed by atoms with van der Waals surface area (Å²) >= 11 is 0. The Morgan fingerprint density at radius 1 is 1.06 bits per heavy atom. The summed E-state index contributed by atoms with van der Waals surface area (Å²) < 4.78 is 5.40. The zero-order valence-electron chi connectivity index (χ0n) is 10.7. The molecule has 18 heavy (non-hydrogen) atoms. The van der Waals surface area contributed by atoms with E-state index in [1.54, 1.807) is 6.07 Å². The highest BCUT2D eigenvalue weighted by molar-refractivity contribution is 5.54. The van der Waals surface area contributed by atoms with Gasteiger partial charge in [-0.15, -0.1) is 0 Å². The van der Waals surface area contributed by atoms with Gasteiger partial charge in [0.1, 0.15) is 18.1 Å². The summed E-state index contributed by atoms with van der Waals surface area (Å²) in [4.78, 5) is 2.06. The van der Waals surface area contributed by atoms with Crippen molar-refractivity contribution < 1.29 is 9.52 Å². The highest BCUT2D eigenvalue weighted by Gasteiger charge is 2.01. The minimum Gasteiger partial charge on any atom is -0.462 e. The summed E-state index contributed by atoms with van der Waals surface area (Å²) in [6.45, 7) is 0.554. The number of rotatable bonds is 5. The maximum Gasteiger partial charge on any atom is 0.129 e. The molecule has 0 aliphatic carbocycles. The third-order valence-electron chi connectivity index (χ3n) is 2.72. The lowest BCUT2D eigenvalue weighted by Crippen LogP contribution is -2.08. The van der Waals surface area contributed by atoms with E-state index in [9.17, 15) is 0 Å². The molecule has 0 saturated carbocycles. The second-order valence-corrected chi connectivity index (χ2v) is 4.32. The first-order chi connectivity index (χ1) is 8.69. The van der Waals surface area contributed by atoms with E-state index < -0.39 is 0 Å². The molecule has 2 aromatic rings. The molecule has 4 nitrogen and oxygen atoms in total. The van der Waals surface area contributed by atoms with E-state index in [2.05, 4.69) is 22.3 Å². The first kappa shape index (κ1) is 12.5. The summed E-state index contributed by atoms with van der Waals surface area (Å²) in [5.41, 5.74) is 2.21. The minimum atomic E-state index is -0.0580. The number of hydrogen-bond acceptors (Lipinski definition) is 4. The van der Waals surface area contributed by atoms with Gasteiger partial charge in [0.2, 0.25) is 0 Å². The van der Waals surface area contributed by atoms with Crippen LogP contribution < -0.4 is 10.2 Å². The SMILES string of the molecule is CN(C)c1ccc(NCc2ccc(CO)o2)cc1. The first-order valence-electron chi connectivity index (χ1n) is 5.89. The predicted octanol–water partition coefficient (Wildman–Crippen LogP) is 2.45. The van der Waals surface area contributed by atoms with E-state index in [1.807, 2.05) is 32.3 Å².